The first-order chi connectivity index (χ1) is 17.5. The standard InChI is InChI=1S/C28H31N3O5/c1-3-4-5-6-7-8-19-35-26-16-11-23(12-17-26)29-30-24-13-18-27(21(2)20-24)36-28(32)22-9-14-25(15-10-22)31(33)34/h9-18,20H,3-8,19H2,1-2H3. The van der Waals surface area contributed by atoms with Crippen LogP contribution >= 0.6 is 0 Å². The fraction of sp³-hybridized carbons (Fsp3) is 0.321. The van der Waals surface area contributed by atoms with Crippen LogP contribution in [-0.2, 0) is 0 Å². The van der Waals surface area contributed by atoms with Crippen LogP contribution in [0.3, 0.4) is 0 Å². The summed E-state index contributed by atoms with van der Waals surface area (Å²) in [6.45, 7) is 4.73. The van der Waals surface area contributed by atoms with Gasteiger partial charge in [0.2, 0.25) is 0 Å². The Balaban J connectivity index is 1.50. The first kappa shape index (κ1) is 26.5. The van der Waals surface area contributed by atoms with Gasteiger partial charge in [-0.15, -0.1) is 0 Å². The number of esters is 1. The molecule has 0 heterocycles. The topological polar surface area (TPSA) is 103 Å². The molecule has 0 saturated carbocycles. The molecule has 36 heavy (non-hydrogen) atoms. The van der Waals surface area contributed by atoms with E-state index in [1.54, 1.807) is 25.1 Å². The van der Waals surface area contributed by atoms with E-state index in [2.05, 4.69) is 17.2 Å². The molecule has 3 rings (SSSR count). The van der Waals surface area contributed by atoms with Gasteiger partial charge in [0.25, 0.3) is 5.69 Å². The number of unbranched alkanes of at least 4 members (excludes halogenated alkanes) is 5. The normalized spacial score (nSPS) is 10.9. The molecule has 0 bridgehead atoms. The maximum absolute atomic E-state index is 12.4. The van der Waals surface area contributed by atoms with Crippen LogP contribution in [-0.4, -0.2) is 17.5 Å². The number of nitro benzene ring substituents is 1. The van der Waals surface area contributed by atoms with Crippen molar-refractivity contribution in [2.45, 2.75) is 52.4 Å². The van der Waals surface area contributed by atoms with Crippen molar-refractivity contribution < 1.29 is 19.2 Å². The van der Waals surface area contributed by atoms with Crippen molar-refractivity contribution in [3.63, 3.8) is 0 Å². The molecule has 3 aromatic rings. The van der Waals surface area contributed by atoms with Gasteiger partial charge in [-0.2, -0.15) is 10.2 Å². The highest BCUT2D eigenvalue weighted by molar-refractivity contribution is 5.91. The molecule has 0 saturated heterocycles. The van der Waals surface area contributed by atoms with Gasteiger partial charge in [0.05, 0.1) is 28.5 Å². The number of benzene rings is 3. The molecule has 0 spiro atoms. The third-order valence-corrected chi connectivity index (χ3v) is 5.56. The minimum absolute atomic E-state index is 0.0900. The molecule has 8 heteroatoms. The number of rotatable bonds is 13. The van der Waals surface area contributed by atoms with E-state index in [0.29, 0.717) is 29.3 Å². The van der Waals surface area contributed by atoms with Crippen LogP contribution < -0.4 is 9.47 Å². The van der Waals surface area contributed by atoms with Crippen molar-refractivity contribution in [1.29, 1.82) is 0 Å². The Morgan fingerprint density at radius 2 is 1.50 bits per heavy atom. The van der Waals surface area contributed by atoms with Crippen molar-refractivity contribution in [2.24, 2.45) is 10.2 Å². The van der Waals surface area contributed by atoms with Gasteiger partial charge in [-0.3, -0.25) is 10.1 Å². The summed E-state index contributed by atoms with van der Waals surface area (Å²) in [6, 6.07) is 17.9. The maximum atomic E-state index is 12.4. The smallest absolute Gasteiger partial charge is 0.343 e. The second-order valence-electron chi connectivity index (χ2n) is 8.45. The van der Waals surface area contributed by atoms with Crippen LogP contribution in [0.25, 0.3) is 0 Å². The van der Waals surface area contributed by atoms with E-state index >= 15 is 0 Å². The van der Waals surface area contributed by atoms with E-state index in [1.807, 2.05) is 24.3 Å². The predicted octanol–water partition coefficient (Wildman–Crippen LogP) is 8.28. The molecule has 0 unspecified atom stereocenters. The number of nitrogens with zero attached hydrogens (tertiary/aromatic N) is 3. The SMILES string of the molecule is CCCCCCCCOc1ccc(N=Nc2ccc(OC(=O)c3ccc([N+](=O)[O-])cc3)c(C)c2)cc1. The lowest BCUT2D eigenvalue weighted by atomic mass is 10.1. The molecular formula is C28H31N3O5. The Morgan fingerprint density at radius 1 is 0.861 bits per heavy atom. The number of hydrogen-bond acceptors (Lipinski definition) is 7. The quantitative estimate of drug-likeness (QED) is 0.0600. The first-order valence-electron chi connectivity index (χ1n) is 12.2. The monoisotopic (exact) mass is 489 g/mol. The van der Waals surface area contributed by atoms with E-state index in [4.69, 9.17) is 9.47 Å². The van der Waals surface area contributed by atoms with Gasteiger partial charge in [-0.1, -0.05) is 39.0 Å². The highest BCUT2D eigenvalue weighted by Crippen LogP contribution is 2.27. The summed E-state index contributed by atoms with van der Waals surface area (Å²) in [6.07, 6.45) is 7.38. The Labute approximate surface area is 211 Å². The zero-order valence-electron chi connectivity index (χ0n) is 20.7. The van der Waals surface area contributed by atoms with Gasteiger partial charge in [-0.25, -0.2) is 4.79 Å². The lowest BCUT2D eigenvalue weighted by Gasteiger charge is -2.08. The van der Waals surface area contributed by atoms with E-state index in [9.17, 15) is 14.9 Å². The molecule has 0 aliphatic rings. The van der Waals surface area contributed by atoms with E-state index in [-0.39, 0.29) is 11.3 Å². The summed E-state index contributed by atoms with van der Waals surface area (Å²) in [5.41, 5.74) is 2.16. The zero-order chi connectivity index (χ0) is 25.8. The highest BCUT2D eigenvalue weighted by atomic mass is 16.6. The molecule has 0 aliphatic carbocycles. The number of aryl methyl sites for hydroxylation is 1. The molecule has 0 atom stereocenters. The van der Waals surface area contributed by atoms with E-state index in [1.165, 1.54) is 56.4 Å². The Bertz CT molecular complexity index is 1170. The van der Waals surface area contributed by atoms with Gasteiger partial charge in [0.15, 0.2) is 0 Å². The average Bonchev–Trinajstić information content (AvgIpc) is 2.89. The lowest BCUT2D eigenvalue weighted by Crippen LogP contribution is -2.09. The molecule has 0 aliphatic heterocycles. The Hall–Kier alpha value is -4.07. The number of nitro groups is 1. The van der Waals surface area contributed by atoms with Crippen molar-refractivity contribution >= 4 is 23.0 Å². The molecule has 0 radical (unpaired) electrons. The van der Waals surface area contributed by atoms with Crippen LogP contribution in [0.5, 0.6) is 11.5 Å². The summed E-state index contributed by atoms with van der Waals surface area (Å²) >= 11 is 0. The van der Waals surface area contributed by atoms with Gasteiger partial charge >= 0.3 is 5.97 Å². The third-order valence-electron chi connectivity index (χ3n) is 5.56. The molecule has 0 fully saturated rings. The van der Waals surface area contributed by atoms with Gasteiger partial charge in [-0.05, 0) is 73.5 Å². The summed E-state index contributed by atoms with van der Waals surface area (Å²) in [5, 5.41) is 19.3. The van der Waals surface area contributed by atoms with Crippen molar-refractivity contribution in [3.8, 4) is 11.5 Å². The largest absolute Gasteiger partial charge is 0.494 e. The fourth-order valence-corrected chi connectivity index (χ4v) is 3.49. The fourth-order valence-electron chi connectivity index (χ4n) is 3.49. The minimum atomic E-state index is -0.596. The minimum Gasteiger partial charge on any atom is -0.494 e. The highest BCUT2D eigenvalue weighted by Gasteiger charge is 2.13. The van der Waals surface area contributed by atoms with Crippen molar-refractivity contribution in [1.82, 2.24) is 0 Å². The number of azo groups is 1. The molecule has 0 aromatic heterocycles. The number of ether oxygens (including phenoxy) is 2. The summed E-state index contributed by atoms with van der Waals surface area (Å²) in [4.78, 5) is 22.6. The maximum Gasteiger partial charge on any atom is 0.343 e. The number of non-ortho nitro benzene ring substituents is 1. The summed E-state index contributed by atoms with van der Waals surface area (Å²) in [5.74, 6) is 0.600. The summed E-state index contributed by atoms with van der Waals surface area (Å²) in [7, 11) is 0. The van der Waals surface area contributed by atoms with E-state index < -0.39 is 10.9 Å². The van der Waals surface area contributed by atoms with Crippen LogP contribution in [0, 0.1) is 17.0 Å². The average molecular weight is 490 g/mol. The number of carbonyl (C=O) groups is 1. The van der Waals surface area contributed by atoms with Gasteiger partial charge in [0.1, 0.15) is 11.5 Å². The number of carbonyl (C=O) groups excluding carboxylic acids is 1. The van der Waals surface area contributed by atoms with Crippen LogP contribution in [0.4, 0.5) is 17.1 Å². The molecule has 0 N–H and O–H groups in total. The van der Waals surface area contributed by atoms with Gasteiger partial charge < -0.3 is 9.47 Å². The predicted molar refractivity (Wildman–Crippen MR) is 139 cm³/mol. The van der Waals surface area contributed by atoms with E-state index in [0.717, 1.165) is 12.2 Å². The summed E-state index contributed by atoms with van der Waals surface area (Å²) < 4.78 is 11.2. The second kappa shape index (κ2) is 13.7. The number of hydrogen-bond donors (Lipinski definition) is 0. The van der Waals surface area contributed by atoms with Crippen molar-refractivity contribution in [3.05, 3.63) is 88.0 Å². The molecule has 3 aromatic carbocycles. The van der Waals surface area contributed by atoms with Gasteiger partial charge in [0, 0.05) is 12.1 Å². The zero-order valence-corrected chi connectivity index (χ0v) is 20.7. The lowest BCUT2D eigenvalue weighted by molar-refractivity contribution is -0.384. The Morgan fingerprint density at radius 3 is 2.17 bits per heavy atom. The Kier molecular flexibility index (Phi) is 10.1. The van der Waals surface area contributed by atoms with Crippen LogP contribution in [0.1, 0.15) is 61.4 Å². The second-order valence-corrected chi connectivity index (χ2v) is 8.45. The molecule has 188 valence electrons. The molecule has 0 amide bonds. The molecular weight excluding hydrogens is 458 g/mol. The van der Waals surface area contributed by atoms with Crippen LogP contribution in [0.2, 0.25) is 0 Å². The first-order valence-corrected chi connectivity index (χ1v) is 12.2. The molecule has 8 nitrogen and oxygen atoms in total. The third kappa shape index (κ3) is 8.30. The van der Waals surface area contributed by atoms with Crippen LogP contribution in [0.15, 0.2) is 77.0 Å². The van der Waals surface area contributed by atoms with Crippen molar-refractivity contribution in [2.75, 3.05) is 6.61 Å².